The molecule has 0 saturated heterocycles. The summed E-state index contributed by atoms with van der Waals surface area (Å²) in [6.45, 7) is 0. The van der Waals surface area contributed by atoms with Gasteiger partial charge in [-0.3, -0.25) is 0 Å². The number of rotatable bonds is 3. The molecule has 0 aromatic heterocycles. The first-order valence-electron chi connectivity index (χ1n) is 4.32. The molecule has 0 unspecified atom stereocenters. The summed E-state index contributed by atoms with van der Waals surface area (Å²) >= 11 is 0. The highest BCUT2D eigenvalue weighted by molar-refractivity contribution is 7.92. The second-order valence-electron chi connectivity index (χ2n) is 3.26. The summed E-state index contributed by atoms with van der Waals surface area (Å²) in [5, 5.41) is -0.239. The third-order valence-electron chi connectivity index (χ3n) is 2.36. The summed E-state index contributed by atoms with van der Waals surface area (Å²) in [5.74, 6) is -0.294. The summed E-state index contributed by atoms with van der Waals surface area (Å²) in [5.41, 5.74) is 0. The molecule has 1 rings (SSSR count). The lowest BCUT2D eigenvalue weighted by Gasteiger charge is -2.20. The smallest absolute Gasteiger partial charge is 0.159 e. The van der Waals surface area contributed by atoms with Crippen LogP contribution in [0.15, 0.2) is 0 Å². The zero-order valence-electron chi connectivity index (χ0n) is 7.03. The molecular formula is C8H14O3S. The first-order valence-corrected chi connectivity index (χ1v) is 6.03. The van der Waals surface area contributed by atoms with Crippen molar-refractivity contribution in [3.63, 3.8) is 0 Å². The average Bonchev–Trinajstić information content (AvgIpc) is 2.06. The molecule has 12 heavy (non-hydrogen) atoms. The van der Waals surface area contributed by atoms with E-state index in [4.69, 9.17) is 0 Å². The molecule has 0 aromatic carbocycles. The molecule has 1 aliphatic rings. The van der Waals surface area contributed by atoms with Gasteiger partial charge in [-0.15, -0.1) is 0 Å². The third-order valence-corrected chi connectivity index (χ3v) is 4.45. The van der Waals surface area contributed by atoms with E-state index in [0.717, 1.165) is 32.1 Å². The summed E-state index contributed by atoms with van der Waals surface area (Å²) in [7, 11) is -3.10. The number of hydrogen-bond donors (Lipinski definition) is 0. The van der Waals surface area contributed by atoms with Gasteiger partial charge in [-0.05, 0) is 12.8 Å². The largest absolute Gasteiger partial charge is 0.302 e. The van der Waals surface area contributed by atoms with Gasteiger partial charge in [0.25, 0.3) is 0 Å². The molecule has 1 saturated carbocycles. The van der Waals surface area contributed by atoms with Crippen molar-refractivity contribution in [3.05, 3.63) is 0 Å². The molecule has 0 heterocycles. The number of carbonyl (C=O) groups excluding carboxylic acids is 1. The number of hydrogen-bond acceptors (Lipinski definition) is 3. The van der Waals surface area contributed by atoms with Gasteiger partial charge in [-0.25, -0.2) is 8.42 Å². The Hall–Kier alpha value is -0.380. The Kier molecular flexibility index (Phi) is 3.26. The van der Waals surface area contributed by atoms with Crippen LogP contribution >= 0.6 is 0 Å². The zero-order chi connectivity index (χ0) is 9.03. The predicted molar refractivity (Wildman–Crippen MR) is 46.7 cm³/mol. The minimum absolute atomic E-state index is 0.239. The molecule has 0 aromatic rings. The van der Waals surface area contributed by atoms with Gasteiger partial charge < -0.3 is 4.79 Å². The molecule has 0 atom stereocenters. The van der Waals surface area contributed by atoms with Gasteiger partial charge in [0, 0.05) is 0 Å². The van der Waals surface area contributed by atoms with Crippen LogP contribution in [0.4, 0.5) is 0 Å². The zero-order valence-corrected chi connectivity index (χ0v) is 7.85. The first kappa shape index (κ1) is 9.71. The van der Waals surface area contributed by atoms with Crippen molar-refractivity contribution in [2.24, 2.45) is 0 Å². The Balaban J connectivity index is 2.60. The maximum atomic E-state index is 11.4. The normalized spacial score (nSPS) is 20.7. The van der Waals surface area contributed by atoms with E-state index in [0.29, 0.717) is 6.29 Å². The van der Waals surface area contributed by atoms with E-state index in [1.54, 1.807) is 0 Å². The van der Waals surface area contributed by atoms with Crippen LogP contribution in [0.1, 0.15) is 32.1 Å². The first-order chi connectivity index (χ1) is 5.67. The number of sulfone groups is 1. The predicted octanol–water partition coefficient (Wildman–Crippen LogP) is 0.933. The molecular weight excluding hydrogens is 176 g/mol. The van der Waals surface area contributed by atoms with Crippen LogP contribution < -0.4 is 0 Å². The Morgan fingerprint density at radius 2 is 1.75 bits per heavy atom. The molecule has 0 aliphatic heterocycles. The standard InChI is InChI=1S/C8H14O3S/c9-6-7-12(10,11)8-4-2-1-3-5-8/h6,8H,1-5,7H2. The third kappa shape index (κ3) is 2.30. The van der Waals surface area contributed by atoms with Crippen molar-refractivity contribution in [1.82, 2.24) is 0 Å². The van der Waals surface area contributed by atoms with Gasteiger partial charge in [-0.2, -0.15) is 0 Å². The van der Waals surface area contributed by atoms with Crippen molar-refractivity contribution in [3.8, 4) is 0 Å². The van der Waals surface area contributed by atoms with Crippen LogP contribution in [0.2, 0.25) is 0 Å². The van der Waals surface area contributed by atoms with Crippen LogP contribution in [0.25, 0.3) is 0 Å². The van der Waals surface area contributed by atoms with E-state index in [-0.39, 0.29) is 11.0 Å². The lowest BCUT2D eigenvalue weighted by atomic mass is 10.0. The van der Waals surface area contributed by atoms with Gasteiger partial charge in [0.2, 0.25) is 0 Å². The maximum Gasteiger partial charge on any atom is 0.159 e. The molecule has 0 N–H and O–H groups in total. The van der Waals surface area contributed by atoms with Gasteiger partial charge in [0.1, 0.15) is 12.0 Å². The summed E-state index contributed by atoms with van der Waals surface area (Å²) in [6.07, 6.45) is 5.09. The van der Waals surface area contributed by atoms with Crippen LogP contribution in [0, 0.1) is 0 Å². The van der Waals surface area contributed by atoms with Crippen LogP contribution in [-0.2, 0) is 14.6 Å². The van der Waals surface area contributed by atoms with E-state index in [9.17, 15) is 13.2 Å². The lowest BCUT2D eigenvalue weighted by molar-refractivity contribution is -0.105. The fourth-order valence-electron chi connectivity index (χ4n) is 1.66. The van der Waals surface area contributed by atoms with Crippen LogP contribution in [0.3, 0.4) is 0 Å². The number of carbonyl (C=O) groups is 1. The van der Waals surface area contributed by atoms with Crippen molar-refractivity contribution in [2.75, 3.05) is 5.75 Å². The van der Waals surface area contributed by atoms with E-state index in [2.05, 4.69) is 0 Å². The summed E-state index contributed by atoms with van der Waals surface area (Å²) in [4.78, 5) is 10.1. The SMILES string of the molecule is O=CCS(=O)(=O)C1CCCCC1. The molecule has 0 spiro atoms. The van der Waals surface area contributed by atoms with Gasteiger partial charge >= 0.3 is 0 Å². The lowest BCUT2D eigenvalue weighted by Crippen LogP contribution is -2.26. The van der Waals surface area contributed by atoms with Gasteiger partial charge in [-0.1, -0.05) is 19.3 Å². The highest BCUT2D eigenvalue weighted by Crippen LogP contribution is 2.23. The Morgan fingerprint density at radius 1 is 1.17 bits per heavy atom. The average molecular weight is 190 g/mol. The Bertz CT molecular complexity index is 237. The topological polar surface area (TPSA) is 51.2 Å². The minimum atomic E-state index is -3.10. The van der Waals surface area contributed by atoms with E-state index in [1.165, 1.54) is 0 Å². The van der Waals surface area contributed by atoms with Crippen molar-refractivity contribution < 1.29 is 13.2 Å². The molecule has 0 radical (unpaired) electrons. The van der Waals surface area contributed by atoms with Crippen molar-refractivity contribution in [1.29, 1.82) is 0 Å². The van der Waals surface area contributed by atoms with E-state index in [1.807, 2.05) is 0 Å². The Labute approximate surface area is 73.1 Å². The highest BCUT2D eigenvalue weighted by atomic mass is 32.2. The fourth-order valence-corrected chi connectivity index (χ4v) is 3.17. The van der Waals surface area contributed by atoms with Gasteiger partial charge in [0.15, 0.2) is 9.84 Å². The van der Waals surface area contributed by atoms with Crippen molar-refractivity contribution >= 4 is 16.1 Å². The molecule has 0 amide bonds. The summed E-state index contributed by atoms with van der Waals surface area (Å²) in [6, 6.07) is 0. The fraction of sp³-hybridized carbons (Fsp3) is 0.875. The highest BCUT2D eigenvalue weighted by Gasteiger charge is 2.26. The molecule has 4 heteroatoms. The number of aldehydes is 1. The second kappa shape index (κ2) is 4.03. The van der Waals surface area contributed by atoms with Crippen molar-refractivity contribution in [2.45, 2.75) is 37.4 Å². The molecule has 3 nitrogen and oxygen atoms in total. The maximum absolute atomic E-state index is 11.4. The van der Waals surface area contributed by atoms with Gasteiger partial charge in [0.05, 0.1) is 5.25 Å². The monoisotopic (exact) mass is 190 g/mol. The van der Waals surface area contributed by atoms with Crippen LogP contribution in [0.5, 0.6) is 0 Å². The Morgan fingerprint density at radius 3 is 2.25 bits per heavy atom. The van der Waals surface area contributed by atoms with Crippen LogP contribution in [-0.4, -0.2) is 25.7 Å². The molecule has 0 bridgehead atoms. The minimum Gasteiger partial charge on any atom is -0.302 e. The van der Waals surface area contributed by atoms with E-state index < -0.39 is 9.84 Å². The molecule has 1 aliphatic carbocycles. The molecule has 70 valence electrons. The molecule has 1 fully saturated rings. The second-order valence-corrected chi connectivity index (χ2v) is 5.58. The summed E-state index contributed by atoms with van der Waals surface area (Å²) < 4.78 is 22.7. The quantitative estimate of drug-likeness (QED) is 0.622. The van der Waals surface area contributed by atoms with E-state index >= 15 is 0 Å².